The van der Waals surface area contributed by atoms with E-state index in [2.05, 4.69) is 0 Å². The van der Waals surface area contributed by atoms with Crippen molar-refractivity contribution in [3.63, 3.8) is 0 Å². The van der Waals surface area contributed by atoms with E-state index in [4.69, 9.17) is 25.8 Å². The molecule has 1 aliphatic carbocycles. The van der Waals surface area contributed by atoms with Crippen LogP contribution in [0.5, 0.6) is 5.75 Å². The number of benzene rings is 2. The van der Waals surface area contributed by atoms with Crippen LogP contribution in [-0.2, 0) is 20.9 Å². The van der Waals surface area contributed by atoms with Crippen molar-refractivity contribution in [3.05, 3.63) is 76.3 Å². The quantitative estimate of drug-likeness (QED) is 0.560. The first-order valence-electron chi connectivity index (χ1n) is 10.1. The standard InChI is InChI=1S/C25H27ClO5/c1-16-13-22(30-15-17-5-11-20(29-4)12-6-17)23(25(2,3)14-21(16)27)31-24(28)18-7-9-19(26)10-8-18/h5-13,22-23H,14-15H2,1-4H3. The second-order valence-corrected chi connectivity index (χ2v) is 8.83. The molecule has 2 aromatic rings. The minimum absolute atomic E-state index is 0.0214. The molecular formula is C25H27ClO5. The lowest BCUT2D eigenvalue weighted by molar-refractivity contribution is -0.121. The van der Waals surface area contributed by atoms with E-state index in [9.17, 15) is 9.59 Å². The molecule has 6 heteroatoms. The number of esters is 1. The molecule has 164 valence electrons. The fraction of sp³-hybridized carbons (Fsp3) is 0.360. The molecule has 0 radical (unpaired) electrons. The van der Waals surface area contributed by atoms with Gasteiger partial charge in [0.15, 0.2) is 5.78 Å². The number of Topliss-reactive ketones (excluding diaryl/α,β-unsaturated/α-hetero) is 1. The molecule has 3 rings (SSSR count). The number of hydrogen-bond acceptors (Lipinski definition) is 5. The van der Waals surface area contributed by atoms with Crippen LogP contribution in [0.4, 0.5) is 0 Å². The Balaban J connectivity index is 1.84. The molecule has 0 N–H and O–H groups in total. The summed E-state index contributed by atoms with van der Waals surface area (Å²) in [5, 5.41) is 0.538. The van der Waals surface area contributed by atoms with Gasteiger partial charge in [0.05, 0.1) is 19.3 Å². The van der Waals surface area contributed by atoms with Crippen molar-refractivity contribution in [3.8, 4) is 5.75 Å². The van der Waals surface area contributed by atoms with Gasteiger partial charge in [0.2, 0.25) is 0 Å². The van der Waals surface area contributed by atoms with E-state index in [0.29, 0.717) is 22.8 Å². The molecule has 0 aromatic heterocycles. The lowest BCUT2D eigenvalue weighted by Gasteiger charge is -2.35. The van der Waals surface area contributed by atoms with Crippen molar-refractivity contribution in [2.45, 2.75) is 46.0 Å². The van der Waals surface area contributed by atoms with Crippen molar-refractivity contribution in [1.82, 2.24) is 0 Å². The van der Waals surface area contributed by atoms with E-state index in [1.807, 2.05) is 38.1 Å². The van der Waals surface area contributed by atoms with E-state index in [-0.39, 0.29) is 12.2 Å². The second kappa shape index (κ2) is 9.67. The molecule has 2 aromatic carbocycles. The van der Waals surface area contributed by atoms with Crippen LogP contribution in [0.1, 0.15) is 43.1 Å². The van der Waals surface area contributed by atoms with Crippen LogP contribution in [0.3, 0.4) is 0 Å². The van der Waals surface area contributed by atoms with Crippen LogP contribution in [0.25, 0.3) is 0 Å². The van der Waals surface area contributed by atoms with Crippen LogP contribution in [-0.4, -0.2) is 31.1 Å². The first-order valence-corrected chi connectivity index (χ1v) is 10.5. The largest absolute Gasteiger partial charge is 0.497 e. The monoisotopic (exact) mass is 442 g/mol. The highest BCUT2D eigenvalue weighted by molar-refractivity contribution is 6.30. The van der Waals surface area contributed by atoms with Crippen molar-refractivity contribution >= 4 is 23.4 Å². The third kappa shape index (κ3) is 5.75. The van der Waals surface area contributed by atoms with Gasteiger partial charge >= 0.3 is 5.97 Å². The Bertz CT molecular complexity index is 960. The van der Waals surface area contributed by atoms with Crippen LogP contribution >= 0.6 is 11.6 Å². The topological polar surface area (TPSA) is 61.8 Å². The van der Waals surface area contributed by atoms with E-state index in [1.54, 1.807) is 44.4 Å². The van der Waals surface area contributed by atoms with E-state index in [0.717, 1.165) is 11.3 Å². The van der Waals surface area contributed by atoms with Gasteiger partial charge in [-0.15, -0.1) is 0 Å². The van der Waals surface area contributed by atoms with Crippen molar-refractivity contribution in [1.29, 1.82) is 0 Å². The fourth-order valence-electron chi connectivity index (χ4n) is 3.57. The van der Waals surface area contributed by atoms with Crippen LogP contribution in [0.15, 0.2) is 60.2 Å². The predicted molar refractivity (Wildman–Crippen MR) is 119 cm³/mol. The maximum Gasteiger partial charge on any atom is 0.338 e. The van der Waals surface area contributed by atoms with Gasteiger partial charge in [-0.1, -0.05) is 37.6 Å². The summed E-state index contributed by atoms with van der Waals surface area (Å²) in [6.45, 7) is 5.91. The van der Waals surface area contributed by atoms with Crippen LogP contribution < -0.4 is 4.74 Å². The molecule has 0 amide bonds. The summed E-state index contributed by atoms with van der Waals surface area (Å²) in [5.74, 6) is 0.303. The number of carbonyl (C=O) groups is 2. The Morgan fingerprint density at radius 2 is 1.74 bits per heavy atom. The lowest BCUT2D eigenvalue weighted by atomic mass is 9.80. The number of ketones is 1. The average molecular weight is 443 g/mol. The van der Waals surface area contributed by atoms with Gasteiger partial charge in [0.25, 0.3) is 0 Å². The zero-order chi connectivity index (χ0) is 22.6. The van der Waals surface area contributed by atoms with Crippen molar-refractivity contribution in [2.75, 3.05) is 7.11 Å². The zero-order valence-corrected chi connectivity index (χ0v) is 18.9. The summed E-state index contributed by atoms with van der Waals surface area (Å²) < 4.78 is 17.3. The van der Waals surface area contributed by atoms with Gasteiger partial charge in [-0.25, -0.2) is 4.79 Å². The number of methoxy groups -OCH3 is 1. The molecular weight excluding hydrogens is 416 g/mol. The van der Waals surface area contributed by atoms with Gasteiger partial charge in [-0.3, -0.25) is 4.79 Å². The maximum atomic E-state index is 12.8. The first-order chi connectivity index (χ1) is 14.7. The summed E-state index contributed by atoms with van der Waals surface area (Å²) >= 11 is 5.92. The molecule has 0 bridgehead atoms. The predicted octanol–water partition coefficient (Wildman–Crippen LogP) is 5.40. The maximum absolute atomic E-state index is 12.8. The molecule has 0 fully saturated rings. The number of halogens is 1. The number of rotatable bonds is 6. The van der Waals surface area contributed by atoms with Gasteiger partial charge in [-0.05, 0) is 60.5 Å². The summed E-state index contributed by atoms with van der Waals surface area (Å²) in [5.41, 5.74) is 1.34. The molecule has 0 heterocycles. The van der Waals surface area contributed by atoms with Gasteiger partial charge in [-0.2, -0.15) is 0 Å². The van der Waals surface area contributed by atoms with Crippen molar-refractivity contribution in [2.24, 2.45) is 5.41 Å². The number of carbonyl (C=O) groups excluding carboxylic acids is 2. The van der Waals surface area contributed by atoms with Crippen molar-refractivity contribution < 1.29 is 23.8 Å². The lowest BCUT2D eigenvalue weighted by Crippen LogP contribution is -2.43. The third-order valence-corrected chi connectivity index (χ3v) is 5.71. The SMILES string of the molecule is COc1ccc(COC2C=C(C)C(=O)CC(C)(C)C2OC(=O)c2ccc(Cl)cc2)cc1. The second-order valence-electron chi connectivity index (χ2n) is 8.39. The smallest absolute Gasteiger partial charge is 0.338 e. The highest BCUT2D eigenvalue weighted by atomic mass is 35.5. The molecule has 0 saturated carbocycles. The molecule has 0 saturated heterocycles. The highest BCUT2D eigenvalue weighted by Gasteiger charge is 2.43. The molecule has 31 heavy (non-hydrogen) atoms. The molecule has 0 spiro atoms. The van der Waals surface area contributed by atoms with E-state index < -0.39 is 23.6 Å². The zero-order valence-electron chi connectivity index (χ0n) is 18.2. The van der Waals surface area contributed by atoms with Crippen LogP contribution in [0.2, 0.25) is 5.02 Å². The third-order valence-electron chi connectivity index (χ3n) is 5.45. The Morgan fingerprint density at radius 3 is 2.35 bits per heavy atom. The Kier molecular flexibility index (Phi) is 7.19. The Hall–Kier alpha value is -2.63. The molecule has 2 unspecified atom stereocenters. The van der Waals surface area contributed by atoms with E-state index in [1.165, 1.54) is 0 Å². The average Bonchev–Trinajstić information content (AvgIpc) is 2.82. The fourth-order valence-corrected chi connectivity index (χ4v) is 3.70. The number of ether oxygens (including phenoxy) is 3. The summed E-state index contributed by atoms with van der Waals surface area (Å²) in [6.07, 6.45) is 0.812. The van der Waals surface area contributed by atoms with Gasteiger partial charge in [0.1, 0.15) is 18.0 Å². The summed E-state index contributed by atoms with van der Waals surface area (Å²) in [7, 11) is 1.61. The molecule has 5 nitrogen and oxygen atoms in total. The highest BCUT2D eigenvalue weighted by Crippen LogP contribution is 2.36. The summed E-state index contributed by atoms with van der Waals surface area (Å²) in [6, 6.07) is 14.1. The Morgan fingerprint density at radius 1 is 1.10 bits per heavy atom. The first kappa shape index (κ1) is 23.0. The number of allylic oxidation sites excluding steroid dienone is 1. The molecule has 0 aliphatic heterocycles. The molecule has 1 aliphatic rings. The minimum atomic E-state index is -0.643. The van der Waals surface area contributed by atoms with Gasteiger partial charge < -0.3 is 14.2 Å². The normalized spacial score (nSPS) is 20.5. The van der Waals surface area contributed by atoms with E-state index >= 15 is 0 Å². The molecule has 2 atom stereocenters. The number of hydrogen-bond donors (Lipinski definition) is 0. The van der Waals surface area contributed by atoms with Gasteiger partial charge in [0, 0.05) is 16.9 Å². The Labute approximate surface area is 188 Å². The minimum Gasteiger partial charge on any atom is -0.497 e. The summed E-state index contributed by atoms with van der Waals surface area (Å²) in [4.78, 5) is 25.4. The van der Waals surface area contributed by atoms with Crippen LogP contribution in [0, 0.1) is 5.41 Å².